The number of rotatable bonds is 2. The van der Waals surface area contributed by atoms with Crippen LogP contribution in [-0.4, -0.2) is 87.8 Å². The molecule has 10 nitrogen and oxygen atoms in total. The second-order valence-electron chi connectivity index (χ2n) is 17.4. The maximum absolute atomic E-state index is 14.5. The van der Waals surface area contributed by atoms with Gasteiger partial charge in [0.05, 0.1) is 17.6 Å². The molecule has 21 atom stereocenters. The fourth-order valence-corrected chi connectivity index (χ4v) is 14.4. The highest BCUT2D eigenvalue weighted by Gasteiger charge is 2.92. The Morgan fingerprint density at radius 2 is 1.59 bits per heavy atom. The predicted molar refractivity (Wildman–Crippen MR) is 163 cm³/mol. The molecule has 3 aliphatic heterocycles. The highest BCUT2D eigenvalue weighted by molar-refractivity contribution is 5.88. The van der Waals surface area contributed by atoms with Gasteiger partial charge in [-0.3, -0.25) is 19.3 Å². The summed E-state index contributed by atoms with van der Waals surface area (Å²) in [5.74, 6) is -2.71. The molecule has 0 amide bonds. The highest BCUT2D eigenvalue weighted by Crippen LogP contribution is 2.83. The summed E-state index contributed by atoms with van der Waals surface area (Å²) in [6.45, 7) is 21.9. The average Bonchev–Trinajstić information content (AvgIpc) is 3.82. The molecule has 0 aromatic rings. The Kier molecular flexibility index (Phi) is 5.96. The molecule has 8 fully saturated rings. The van der Waals surface area contributed by atoms with E-state index < -0.39 is 75.6 Å². The van der Waals surface area contributed by atoms with Gasteiger partial charge in [-0.1, -0.05) is 48.1 Å². The summed E-state index contributed by atoms with van der Waals surface area (Å²) >= 11 is 0. The molecule has 3 heterocycles. The minimum Gasteiger partial charge on any atom is -0.472 e. The van der Waals surface area contributed by atoms with Crippen LogP contribution in [0.5, 0.6) is 0 Å². The molecule has 0 aromatic heterocycles. The molecule has 2 N–H and O–H groups in total. The SMILES string of the molecule is C=C1O[C@@]23[C@@H]([C@@H](C)[C@H]4[C@@H]([C@H](OC(C)=O)[C@H]5C6C(O)C(=O)[C@H]7C[C@@H]8O[C@@H]8[C@H](OC(C)=O)[C@]7(C)C6C(C)[C@H](C)[C@]45C)[C@@]2(C)[C@]1(C)O)N3C. The van der Waals surface area contributed by atoms with E-state index in [2.05, 4.69) is 53.0 Å². The lowest BCUT2D eigenvalue weighted by Gasteiger charge is -2.66. The van der Waals surface area contributed by atoms with E-state index >= 15 is 0 Å². The summed E-state index contributed by atoms with van der Waals surface area (Å²) in [6.07, 6.45) is -2.57. The summed E-state index contributed by atoms with van der Waals surface area (Å²) < 4.78 is 25.2. The lowest BCUT2D eigenvalue weighted by Crippen LogP contribution is -2.70. The molecule has 0 radical (unpaired) electrons. The van der Waals surface area contributed by atoms with Crippen LogP contribution in [0.1, 0.15) is 68.7 Å². The van der Waals surface area contributed by atoms with Crippen molar-refractivity contribution in [3.8, 4) is 0 Å². The van der Waals surface area contributed by atoms with Crippen LogP contribution < -0.4 is 0 Å². The van der Waals surface area contributed by atoms with E-state index in [1.807, 2.05) is 7.05 Å². The van der Waals surface area contributed by atoms with E-state index in [-0.39, 0.29) is 59.5 Å². The Bertz CT molecular complexity index is 1460. The summed E-state index contributed by atoms with van der Waals surface area (Å²) in [5.41, 5.74) is -4.44. The normalized spacial score (nSPS) is 63.5. The van der Waals surface area contributed by atoms with Crippen molar-refractivity contribution in [2.75, 3.05) is 7.05 Å². The first-order chi connectivity index (χ1) is 21.3. The van der Waals surface area contributed by atoms with Crippen molar-refractivity contribution in [2.45, 2.75) is 117 Å². The van der Waals surface area contributed by atoms with Gasteiger partial charge in [-0.25, -0.2) is 0 Å². The first kappa shape index (κ1) is 31.3. The van der Waals surface area contributed by atoms with Gasteiger partial charge in [0.2, 0.25) is 0 Å². The van der Waals surface area contributed by atoms with Crippen LogP contribution in [0, 0.1) is 69.5 Å². The molecule has 5 unspecified atom stereocenters. The summed E-state index contributed by atoms with van der Waals surface area (Å²) in [5, 5.41) is 24.6. The van der Waals surface area contributed by atoms with Crippen LogP contribution in [0.2, 0.25) is 0 Å². The van der Waals surface area contributed by atoms with Gasteiger partial charge in [0.25, 0.3) is 0 Å². The van der Waals surface area contributed by atoms with Crippen molar-refractivity contribution in [1.29, 1.82) is 0 Å². The molecule has 8 rings (SSSR count). The Morgan fingerprint density at radius 3 is 2.20 bits per heavy atom. The summed E-state index contributed by atoms with van der Waals surface area (Å²) in [6, 6.07) is 0.00806. The van der Waals surface area contributed by atoms with Gasteiger partial charge < -0.3 is 29.2 Å². The zero-order chi connectivity index (χ0) is 33.6. The largest absolute Gasteiger partial charge is 0.472 e. The van der Waals surface area contributed by atoms with Crippen molar-refractivity contribution < 1.29 is 43.5 Å². The Balaban J connectivity index is 1.35. The third-order valence-electron chi connectivity index (χ3n) is 16.3. The zero-order valence-electron chi connectivity index (χ0n) is 28.8. The number of likely N-dealkylation sites (N-methyl/N-ethyl adjacent to an activating group) is 1. The number of hydrogen-bond acceptors (Lipinski definition) is 10. The molecule has 8 aliphatic rings. The Hall–Kier alpha value is -2.01. The number of hydrogen-bond donors (Lipinski definition) is 2. The number of carbonyl (C=O) groups excluding carboxylic acids is 3. The molecule has 1 spiro atoms. The van der Waals surface area contributed by atoms with E-state index in [0.29, 0.717) is 12.2 Å². The molecule has 5 aliphatic carbocycles. The van der Waals surface area contributed by atoms with E-state index in [1.54, 1.807) is 6.92 Å². The molecular weight excluding hydrogens is 590 g/mol. The number of nitrogens with zero attached hydrogens (tertiary/aromatic N) is 1. The average molecular weight is 642 g/mol. The van der Waals surface area contributed by atoms with Crippen molar-refractivity contribution in [1.82, 2.24) is 4.90 Å². The van der Waals surface area contributed by atoms with Crippen LogP contribution in [-0.2, 0) is 33.3 Å². The lowest BCUT2D eigenvalue weighted by atomic mass is 9.38. The number of Topliss-reactive ketones (excluding diaryl/α,β-unsaturated/α-hetero) is 1. The molecule has 5 saturated carbocycles. The van der Waals surface area contributed by atoms with E-state index in [1.165, 1.54) is 13.8 Å². The van der Waals surface area contributed by atoms with Crippen LogP contribution in [0.3, 0.4) is 0 Å². The number of epoxide rings is 1. The first-order valence-electron chi connectivity index (χ1n) is 17.3. The van der Waals surface area contributed by atoms with Gasteiger partial charge in [-0.15, -0.1) is 0 Å². The van der Waals surface area contributed by atoms with Gasteiger partial charge in [0, 0.05) is 42.9 Å². The second kappa shape index (κ2) is 8.77. The number of aliphatic hydroxyl groups is 2. The minimum absolute atomic E-state index is 0.00806. The standard InChI is InChI=1S/C36H51NO9/c1-13-15(3)32(7)23-14(2)30-36(37(30)11)34(9,35(10,42)16(4)46-36)25(23)29(43-17(5)38)24(32)21-22(13)33(8)19(26(40)27(21)41)12-20-28(45-20)31(33)44-18(6)39/h13-15,19-25,27-31,41-42H,4,12H2,1-3,5-11H3/t13?,14-,15-,19+,20-,21?,22?,23-,24+,25-,27?,28-,29+,30+,31-,32+,33-,34-,35+,36-,37?/m0/s1. The van der Waals surface area contributed by atoms with Gasteiger partial charge in [0.1, 0.15) is 35.8 Å². The van der Waals surface area contributed by atoms with Crippen LogP contribution in [0.15, 0.2) is 12.3 Å². The van der Waals surface area contributed by atoms with Crippen LogP contribution in [0.25, 0.3) is 0 Å². The van der Waals surface area contributed by atoms with E-state index in [4.69, 9.17) is 18.9 Å². The number of fused-ring (bicyclic) bond motifs is 9. The lowest BCUT2D eigenvalue weighted by molar-refractivity contribution is -0.235. The van der Waals surface area contributed by atoms with Gasteiger partial charge in [-0.05, 0) is 55.4 Å². The predicted octanol–water partition coefficient (Wildman–Crippen LogP) is 2.93. The minimum atomic E-state index is -1.43. The first-order valence-corrected chi connectivity index (χ1v) is 17.3. The van der Waals surface area contributed by atoms with Crippen LogP contribution >= 0.6 is 0 Å². The molecule has 10 heteroatoms. The number of esters is 2. The number of aliphatic hydroxyl groups excluding tert-OH is 1. The van der Waals surface area contributed by atoms with Crippen molar-refractivity contribution in [3.05, 3.63) is 12.3 Å². The quantitative estimate of drug-likeness (QED) is 0.342. The fourth-order valence-electron chi connectivity index (χ4n) is 14.4. The summed E-state index contributed by atoms with van der Waals surface area (Å²) in [4.78, 5) is 42.3. The molecule has 3 saturated heterocycles. The second-order valence-corrected chi connectivity index (χ2v) is 17.4. The zero-order valence-corrected chi connectivity index (χ0v) is 28.8. The molecular formula is C36H51NO9. The smallest absolute Gasteiger partial charge is 0.303 e. The third kappa shape index (κ3) is 3.01. The molecule has 0 aromatic carbocycles. The maximum atomic E-state index is 14.5. The Labute approximate surface area is 271 Å². The number of likely N-dealkylation sites (tertiary alicyclic amines) is 1. The number of ether oxygens (including phenoxy) is 4. The Morgan fingerprint density at radius 1 is 0.957 bits per heavy atom. The van der Waals surface area contributed by atoms with Crippen molar-refractivity contribution in [3.63, 3.8) is 0 Å². The van der Waals surface area contributed by atoms with Gasteiger partial charge in [-0.2, -0.15) is 0 Å². The van der Waals surface area contributed by atoms with E-state index in [9.17, 15) is 24.6 Å². The van der Waals surface area contributed by atoms with Crippen molar-refractivity contribution in [2.24, 2.45) is 69.5 Å². The number of ketones is 1. The van der Waals surface area contributed by atoms with Crippen LogP contribution in [0.4, 0.5) is 0 Å². The molecule has 46 heavy (non-hydrogen) atoms. The monoisotopic (exact) mass is 641 g/mol. The van der Waals surface area contributed by atoms with Crippen molar-refractivity contribution >= 4 is 17.7 Å². The molecule has 0 bridgehead atoms. The topological polar surface area (TPSA) is 135 Å². The number of carbonyl (C=O) groups is 3. The highest BCUT2D eigenvalue weighted by atomic mass is 16.6. The third-order valence-corrected chi connectivity index (χ3v) is 16.3. The molecule has 254 valence electrons. The fraction of sp³-hybridized carbons (Fsp3) is 0.861. The summed E-state index contributed by atoms with van der Waals surface area (Å²) in [7, 11) is 2.04. The van der Waals surface area contributed by atoms with E-state index in [0.717, 1.165) is 0 Å². The van der Waals surface area contributed by atoms with Gasteiger partial charge in [0.15, 0.2) is 11.5 Å². The van der Waals surface area contributed by atoms with Gasteiger partial charge >= 0.3 is 11.9 Å². The maximum Gasteiger partial charge on any atom is 0.303 e.